The zero-order chi connectivity index (χ0) is 18.4. The third-order valence-corrected chi connectivity index (χ3v) is 3.19. The predicted octanol–water partition coefficient (Wildman–Crippen LogP) is 6.23. The normalized spacial score (nSPS) is 9.61. The lowest BCUT2D eigenvalue weighted by Crippen LogP contribution is -2.15. The van der Waals surface area contributed by atoms with E-state index < -0.39 is 6.09 Å². The number of amides is 1. The second-order valence-corrected chi connectivity index (χ2v) is 5.23. The lowest BCUT2D eigenvalue weighted by atomic mass is 10.2. The Morgan fingerprint density at radius 3 is 2.30 bits per heavy atom. The minimum absolute atomic E-state index is 0.0801. The average Bonchev–Trinajstić information content (AvgIpc) is 2.86. The zero-order valence-corrected chi connectivity index (χ0v) is 16.4. The van der Waals surface area contributed by atoms with Gasteiger partial charge in [0.05, 0.1) is 11.4 Å². The molecule has 1 heterocycles. The molecule has 0 aliphatic rings. The number of aromatic nitrogens is 1. The molecular weight excluding hydrogens is 332 g/mol. The van der Waals surface area contributed by atoms with Crippen LogP contribution in [0.3, 0.4) is 0 Å². The minimum Gasteiger partial charge on any atom is -0.444 e. The van der Waals surface area contributed by atoms with E-state index in [0.29, 0.717) is 16.3 Å². The van der Waals surface area contributed by atoms with E-state index in [1.165, 1.54) is 11.5 Å². The highest BCUT2D eigenvalue weighted by Crippen LogP contribution is 2.23. The highest BCUT2D eigenvalue weighted by molar-refractivity contribution is 7.06. The SMILES string of the molecule is C=C/C(=C\C(=C)Cl)COC(=O)Nc1c(C)nsc1C.CC.CC. The molecule has 0 atom stereocenters. The van der Waals surface area contributed by atoms with E-state index in [1.807, 2.05) is 41.5 Å². The fourth-order valence-corrected chi connectivity index (χ4v) is 2.10. The van der Waals surface area contributed by atoms with E-state index in [2.05, 4.69) is 22.8 Å². The number of carbonyl (C=O) groups excluding carboxylic acids is 1. The Hall–Kier alpha value is -1.59. The molecule has 0 unspecified atom stereocenters. The average molecular weight is 359 g/mol. The van der Waals surface area contributed by atoms with Crippen LogP contribution in [0.2, 0.25) is 0 Å². The Morgan fingerprint density at radius 2 is 1.91 bits per heavy atom. The molecule has 6 heteroatoms. The molecule has 0 radical (unpaired) electrons. The second kappa shape index (κ2) is 14.0. The first-order valence-corrected chi connectivity index (χ1v) is 8.63. The first kappa shape index (κ1) is 23.7. The molecule has 0 saturated carbocycles. The Balaban J connectivity index is 0. The van der Waals surface area contributed by atoms with Crippen molar-refractivity contribution in [2.24, 2.45) is 0 Å². The maximum atomic E-state index is 11.6. The molecule has 0 aliphatic heterocycles. The van der Waals surface area contributed by atoms with Crippen LogP contribution in [0.15, 0.2) is 35.9 Å². The molecule has 0 spiro atoms. The lowest BCUT2D eigenvalue weighted by Gasteiger charge is -2.07. The van der Waals surface area contributed by atoms with Crippen molar-refractivity contribution in [3.8, 4) is 0 Å². The molecule has 23 heavy (non-hydrogen) atoms. The van der Waals surface area contributed by atoms with Gasteiger partial charge in [-0.05, 0) is 37.0 Å². The number of rotatable bonds is 5. The van der Waals surface area contributed by atoms with Gasteiger partial charge in [-0.3, -0.25) is 5.32 Å². The number of hydrogen-bond donors (Lipinski definition) is 1. The largest absolute Gasteiger partial charge is 0.444 e. The van der Waals surface area contributed by atoms with Gasteiger partial charge in [-0.25, -0.2) is 4.79 Å². The lowest BCUT2D eigenvalue weighted by molar-refractivity contribution is 0.172. The second-order valence-electron chi connectivity index (χ2n) is 3.77. The van der Waals surface area contributed by atoms with Crippen LogP contribution in [-0.4, -0.2) is 17.1 Å². The van der Waals surface area contributed by atoms with Gasteiger partial charge in [0.1, 0.15) is 6.61 Å². The molecule has 4 nitrogen and oxygen atoms in total. The number of allylic oxidation sites excluding steroid dienone is 2. The summed E-state index contributed by atoms with van der Waals surface area (Å²) in [5, 5.41) is 3.02. The maximum absolute atomic E-state index is 11.6. The number of halogens is 1. The highest BCUT2D eigenvalue weighted by atomic mass is 35.5. The standard InChI is InChI=1S/C13H15ClN2O2S.2C2H6/c1-5-11(6-8(2)14)7-18-13(17)15-12-9(3)16-19-10(12)4;2*1-2/h5-6H,1-2,7H2,3-4H3,(H,15,17);2*1-2H3/b11-6+;;. The quantitative estimate of drug-likeness (QED) is 0.635. The van der Waals surface area contributed by atoms with E-state index in [9.17, 15) is 4.79 Å². The van der Waals surface area contributed by atoms with Gasteiger partial charge in [-0.15, -0.1) is 0 Å². The van der Waals surface area contributed by atoms with Crippen LogP contribution in [0.1, 0.15) is 38.3 Å². The summed E-state index contributed by atoms with van der Waals surface area (Å²) in [5.74, 6) is 0. The van der Waals surface area contributed by atoms with Gasteiger partial charge < -0.3 is 4.74 Å². The summed E-state index contributed by atoms with van der Waals surface area (Å²) in [6, 6.07) is 0. The van der Waals surface area contributed by atoms with Crippen molar-refractivity contribution in [2.75, 3.05) is 11.9 Å². The highest BCUT2D eigenvalue weighted by Gasteiger charge is 2.11. The van der Waals surface area contributed by atoms with Crippen molar-refractivity contribution in [1.29, 1.82) is 0 Å². The van der Waals surface area contributed by atoms with E-state index in [1.54, 1.807) is 12.2 Å². The number of aryl methyl sites for hydroxylation is 2. The number of anilines is 1. The topological polar surface area (TPSA) is 51.2 Å². The van der Waals surface area contributed by atoms with Crippen molar-refractivity contribution >= 4 is 34.9 Å². The van der Waals surface area contributed by atoms with Crippen LogP contribution in [-0.2, 0) is 4.74 Å². The van der Waals surface area contributed by atoms with E-state index in [4.69, 9.17) is 16.3 Å². The van der Waals surface area contributed by atoms with Gasteiger partial charge in [0.15, 0.2) is 0 Å². The smallest absolute Gasteiger partial charge is 0.412 e. The number of hydrogen-bond acceptors (Lipinski definition) is 4. The molecule has 130 valence electrons. The molecule has 1 aromatic heterocycles. The van der Waals surface area contributed by atoms with E-state index >= 15 is 0 Å². The summed E-state index contributed by atoms with van der Waals surface area (Å²) in [7, 11) is 0. The Bertz CT molecular complexity index is 517. The summed E-state index contributed by atoms with van der Waals surface area (Å²) in [5.41, 5.74) is 2.14. The minimum atomic E-state index is -0.542. The molecule has 0 bridgehead atoms. The number of nitrogens with zero attached hydrogens (tertiary/aromatic N) is 1. The third kappa shape index (κ3) is 9.92. The zero-order valence-electron chi connectivity index (χ0n) is 14.8. The first-order chi connectivity index (χ1) is 10.9. The van der Waals surface area contributed by atoms with Crippen LogP contribution in [0.25, 0.3) is 0 Å². The van der Waals surface area contributed by atoms with Crippen molar-refractivity contribution < 1.29 is 9.53 Å². The van der Waals surface area contributed by atoms with Gasteiger partial charge in [0, 0.05) is 9.91 Å². The van der Waals surface area contributed by atoms with Crippen molar-refractivity contribution in [1.82, 2.24) is 4.37 Å². The van der Waals surface area contributed by atoms with Crippen molar-refractivity contribution in [3.63, 3.8) is 0 Å². The van der Waals surface area contributed by atoms with Crippen LogP contribution in [0.4, 0.5) is 10.5 Å². The Labute approximate surface area is 149 Å². The fourth-order valence-electron chi connectivity index (χ4n) is 1.31. The number of nitrogens with one attached hydrogen (secondary N) is 1. The van der Waals surface area contributed by atoms with Crippen molar-refractivity contribution in [3.05, 3.63) is 46.5 Å². The fraction of sp³-hybridized carbons (Fsp3) is 0.412. The van der Waals surface area contributed by atoms with Gasteiger partial charge >= 0.3 is 6.09 Å². The summed E-state index contributed by atoms with van der Waals surface area (Å²) >= 11 is 6.98. The molecule has 1 aromatic rings. The molecule has 0 aliphatic carbocycles. The molecule has 0 aromatic carbocycles. The molecule has 1 amide bonds. The van der Waals surface area contributed by atoms with Crippen LogP contribution in [0.5, 0.6) is 0 Å². The van der Waals surface area contributed by atoms with Gasteiger partial charge in [-0.2, -0.15) is 4.37 Å². The summed E-state index contributed by atoms with van der Waals surface area (Å²) in [4.78, 5) is 12.6. The van der Waals surface area contributed by atoms with Gasteiger partial charge in [0.25, 0.3) is 0 Å². The van der Waals surface area contributed by atoms with E-state index in [0.717, 1.165) is 10.6 Å². The third-order valence-electron chi connectivity index (χ3n) is 2.23. The molecular formula is C17H27ClN2O2S. The monoisotopic (exact) mass is 358 g/mol. The van der Waals surface area contributed by atoms with Gasteiger partial charge in [0.2, 0.25) is 0 Å². The molecule has 1 rings (SSSR count). The Morgan fingerprint density at radius 1 is 1.35 bits per heavy atom. The Kier molecular flexibility index (Phi) is 14.4. The molecule has 1 N–H and O–H groups in total. The van der Waals surface area contributed by atoms with Crippen LogP contribution < -0.4 is 5.32 Å². The summed E-state index contributed by atoms with van der Waals surface area (Å²) in [6.45, 7) is 18.9. The van der Waals surface area contributed by atoms with Crippen LogP contribution >= 0.6 is 23.1 Å². The first-order valence-electron chi connectivity index (χ1n) is 7.48. The molecule has 0 fully saturated rings. The van der Waals surface area contributed by atoms with Crippen LogP contribution in [0, 0.1) is 13.8 Å². The maximum Gasteiger partial charge on any atom is 0.412 e. The number of carbonyl (C=O) groups is 1. The summed E-state index contributed by atoms with van der Waals surface area (Å²) in [6.07, 6.45) is 2.60. The van der Waals surface area contributed by atoms with E-state index in [-0.39, 0.29) is 6.61 Å². The molecule has 0 saturated heterocycles. The van der Waals surface area contributed by atoms with Gasteiger partial charge in [-0.1, -0.05) is 58.5 Å². The predicted molar refractivity (Wildman–Crippen MR) is 103 cm³/mol. The number of ether oxygens (including phenoxy) is 1. The van der Waals surface area contributed by atoms with Crippen molar-refractivity contribution in [2.45, 2.75) is 41.5 Å². The summed E-state index contributed by atoms with van der Waals surface area (Å²) < 4.78 is 9.20.